The molecule has 84 valence electrons. The topological polar surface area (TPSA) is 12.0 Å². The molecule has 1 aliphatic rings. The van der Waals surface area contributed by atoms with Crippen molar-refractivity contribution in [2.75, 3.05) is 13.1 Å². The van der Waals surface area contributed by atoms with E-state index in [1.54, 1.807) is 0 Å². The van der Waals surface area contributed by atoms with Gasteiger partial charge in [0.2, 0.25) is 0 Å². The highest BCUT2D eigenvalue weighted by Crippen LogP contribution is 2.37. The molecule has 0 spiro atoms. The minimum atomic E-state index is -4.89. The lowest BCUT2D eigenvalue weighted by atomic mass is 10.1. The third kappa shape index (κ3) is 2.78. The number of nitrogens with one attached hydrogen (secondary N) is 1. The van der Waals surface area contributed by atoms with E-state index < -0.39 is 36.6 Å². The van der Waals surface area contributed by atoms with E-state index in [2.05, 4.69) is 0 Å². The lowest BCUT2D eigenvalue weighted by Gasteiger charge is -2.12. The Bertz CT molecular complexity index is 216. The highest BCUT2D eigenvalue weighted by molar-refractivity contribution is 5.85. The van der Waals surface area contributed by atoms with Crippen LogP contribution in [0.2, 0.25) is 0 Å². The molecule has 0 bridgehead atoms. The van der Waals surface area contributed by atoms with Gasteiger partial charge in [-0.25, -0.2) is 0 Å². The SMILES string of the molecule is Cl.FC(F)(F)C1=C(C(F)(F)F)CNC1. The van der Waals surface area contributed by atoms with Crippen LogP contribution in [-0.4, -0.2) is 25.4 Å². The molecule has 1 rings (SSSR count). The van der Waals surface area contributed by atoms with Gasteiger partial charge in [0.05, 0.1) is 11.1 Å². The van der Waals surface area contributed by atoms with Crippen LogP contribution in [-0.2, 0) is 0 Å². The first kappa shape index (κ1) is 13.6. The Labute approximate surface area is 81.6 Å². The first-order valence-electron chi connectivity index (χ1n) is 3.30. The van der Waals surface area contributed by atoms with E-state index >= 15 is 0 Å². The van der Waals surface area contributed by atoms with Crippen LogP contribution in [0.1, 0.15) is 0 Å². The maximum atomic E-state index is 11.9. The molecule has 8 heteroatoms. The monoisotopic (exact) mass is 241 g/mol. The standard InChI is InChI=1S/C6H5F6N.ClH/c7-5(8,9)3-1-13-2-4(3)6(10,11)12;/h13H,1-2H2;1H. The molecular weight excluding hydrogens is 236 g/mol. The summed E-state index contributed by atoms with van der Waals surface area (Å²) in [6.45, 7) is -1.53. The second-order valence-electron chi connectivity index (χ2n) is 2.56. The molecule has 0 amide bonds. The van der Waals surface area contributed by atoms with Gasteiger partial charge in [-0.2, -0.15) is 26.3 Å². The molecule has 0 unspecified atom stereocenters. The summed E-state index contributed by atoms with van der Waals surface area (Å²) in [6.07, 6.45) is -9.79. The number of rotatable bonds is 0. The number of halogens is 7. The fraction of sp³-hybridized carbons (Fsp3) is 0.667. The molecular formula is C6H6ClF6N. The van der Waals surface area contributed by atoms with Gasteiger partial charge < -0.3 is 5.32 Å². The van der Waals surface area contributed by atoms with Crippen molar-refractivity contribution in [3.05, 3.63) is 11.1 Å². The summed E-state index contributed by atoms with van der Waals surface area (Å²) in [5.74, 6) is 0. The van der Waals surface area contributed by atoms with E-state index in [9.17, 15) is 26.3 Å². The first-order valence-corrected chi connectivity index (χ1v) is 3.30. The number of hydrogen-bond acceptors (Lipinski definition) is 1. The van der Waals surface area contributed by atoms with Gasteiger partial charge in [0.25, 0.3) is 0 Å². The zero-order valence-corrected chi connectivity index (χ0v) is 7.41. The Morgan fingerprint density at radius 1 is 0.786 bits per heavy atom. The van der Waals surface area contributed by atoms with Crippen LogP contribution < -0.4 is 5.32 Å². The van der Waals surface area contributed by atoms with Crippen LogP contribution in [0.25, 0.3) is 0 Å². The lowest BCUT2D eigenvalue weighted by Crippen LogP contribution is -2.21. The third-order valence-corrected chi connectivity index (χ3v) is 1.65. The van der Waals surface area contributed by atoms with E-state index in [-0.39, 0.29) is 12.4 Å². The Kier molecular flexibility index (Phi) is 3.85. The van der Waals surface area contributed by atoms with Crippen LogP contribution in [0.15, 0.2) is 11.1 Å². The lowest BCUT2D eigenvalue weighted by molar-refractivity contribution is -0.113. The predicted octanol–water partition coefficient (Wildman–Crippen LogP) is 2.43. The Morgan fingerprint density at radius 2 is 1.07 bits per heavy atom. The van der Waals surface area contributed by atoms with Crippen LogP contribution in [0.5, 0.6) is 0 Å². The molecule has 0 aromatic carbocycles. The predicted molar refractivity (Wildman–Crippen MR) is 39.3 cm³/mol. The zero-order chi connectivity index (χ0) is 10.3. The summed E-state index contributed by atoms with van der Waals surface area (Å²) < 4.78 is 71.7. The molecule has 1 aliphatic heterocycles. The van der Waals surface area contributed by atoms with Crippen molar-refractivity contribution in [2.45, 2.75) is 12.4 Å². The Morgan fingerprint density at radius 3 is 1.29 bits per heavy atom. The second kappa shape index (κ2) is 3.98. The van der Waals surface area contributed by atoms with Crippen LogP contribution in [0.3, 0.4) is 0 Å². The van der Waals surface area contributed by atoms with Gasteiger partial charge >= 0.3 is 12.4 Å². The van der Waals surface area contributed by atoms with Crippen LogP contribution >= 0.6 is 12.4 Å². The molecule has 0 aromatic rings. The third-order valence-electron chi connectivity index (χ3n) is 1.65. The van der Waals surface area contributed by atoms with Crippen LogP contribution in [0.4, 0.5) is 26.3 Å². The van der Waals surface area contributed by atoms with Gasteiger partial charge in [0.15, 0.2) is 0 Å². The second-order valence-corrected chi connectivity index (χ2v) is 2.56. The first-order chi connectivity index (χ1) is 5.73. The smallest absolute Gasteiger partial charge is 0.309 e. The van der Waals surface area contributed by atoms with Gasteiger partial charge in [-0.1, -0.05) is 0 Å². The van der Waals surface area contributed by atoms with Crippen LogP contribution in [0, 0.1) is 0 Å². The van der Waals surface area contributed by atoms with E-state index in [1.165, 1.54) is 0 Å². The molecule has 1 heterocycles. The van der Waals surface area contributed by atoms with Gasteiger partial charge in [-0.15, -0.1) is 12.4 Å². The van der Waals surface area contributed by atoms with Crippen molar-refractivity contribution in [1.29, 1.82) is 0 Å². The highest BCUT2D eigenvalue weighted by Gasteiger charge is 2.47. The minimum absolute atomic E-state index is 0. The molecule has 0 atom stereocenters. The maximum Gasteiger partial charge on any atom is 0.414 e. The molecule has 0 aliphatic carbocycles. The minimum Gasteiger partial charge on any atom is -0.309 e. The Balaban J connectivity index is 0.00000169. The highest BCUT2D eigenvalue weighted by atomic mass is 35.5. The van der Waals surface area contributed by atoms with E-state index in [1.807, 2.05) is 5.32 Å². The fourth-order valence-electron chi connectivity index (χ4n) is 1.07. The molecule has 0 fully saturated rings. The largest absolute Gasteiger partial charge is 0.414 e. The molecule has 0 saturated carbocycles. The summed E-state index contributed by atoms with van der Waals surface area (Å²) in [6, 6.07) is 0. The van der Waals surface area contributed by atoms with Crippen molar-refractivity contribution < 1.29 is 26.3 Å². The zero-order valence-electron chi connectivity index (χ0n) is 6.59. The maximum absolute atomic E-state index is 11.9. The molecule has 1 nitrogen and oxygen atoms in total. The number of alkyl halides is 6. The normalized spacial score (nSPS) is 18.4. The van der Waals surface area contributed by atoms with Gasteiger partial charge in [-0.3, -0.25) is 0 Å². The summed E-state index contributed by atoms with van der Waals surface area (Å²) in [5, 5.41) is 2.02. The molecule has 14 heavy (non-hydrogen) atoms. The summed E-state index contributed by atoms with van der Waals surface area (Å²) in [4.78, 5) is 0. The molecule has 0 radical (unpaired) electrons. The molecule has 0 saturated heterocycles. The average molecular weight is 242 g/mol. The van der Waals surface area contributed by atoms with E-state index in [0.29, 0.717) is 0 Å². The van der Waals surface area contributed by atoms with Gasteiger partial charge in [-0.05, 0) is 0 Å². The van der Waals surface area contributed by atoms with Crippen molar-refractivity contribution >= 4 is 12.4 Å². The summed E-state index contributed by atoms with van der Waals surface area (Å²) in [7, 11) is 0. The average Bonchev–Trinajstić information content (AvgIpc) is 2.27. The van der Waals surface area contributed by atoms with Gasteiger partial charge in [0.1, 0.15) is 0 Å². The van der Waals surface area contributed by atoms with Crippen molar-refractivity contribution in [1.82, 2.24) is 5.32 Å². The fourth-order valence-corrected chi connectivity index (χ4v) is 1.07. The Hall–Kier alpha value is -0.430. The molecule has 1 N–H and O–H groups in total. The molecule has 0 aromatic heterocycles. The van der Waals surface area contributed by atoms with Crippen molar-refractivity contribution in [3.63, 3.8) is 0 Å². The van der Waals surface area contributed by atoms with Crippen molar-refractivity contribution in [2.24, 2.45) is 0 Å². The van der Waals surface area contributed by atoms with E-state index in [0.717, 1.165) is 0 Å². The summed E-state index contributed by atoms with van der Waals surface area (Å²) in [5.41, 5.74) is -3.03. The number of hydrogen-bond donors (Lipinski definition) is 1. The van der Waals surface area contributed by atoms with Gasteiger partial charge in [0, 0.05) is 13.1 Å². The summed E-state index contributed by atoms with van der Waals surface area (Å²) >= 11 is 0. The quantitative estimate of drug-likeness (QED) is 0.507. The van der Waals surface area contributed by atoms with E-state index in [4.69, 9.17) is 0 Å². The van der Waals surface area contributed by atoms with Crippen molar-refractivity contribution in [3.8, 4) is 0 Å².